The van der Waals surface area contributed by atoms with Crippen LogP contribution in [0.5, 0.6) is 0 Å². The Hall–Kier alpha value is -0.0500. The van der Waals surface area contributed by atoms with E-state index in [0.29, 0.717) is 0 Å². The van der Waals surface area contributed by atoms with E-state index in [1.807, 2.05) is 6.07 Å². The Bertz CT molecular complexity index is 401. The molecule has 0 radical (unpaired) electrons. The van der Waals surface area contributed by atoms with E-state index in [9.17, 15) is 0 Å². The van der Waals surface area contributed by atoms with Gasteiger partial charge < -0.3 is 5.32 Å². The Morgan fingerprint density at radius 3 is 2.41 bits per heavy atom. The van der Waals surface area contributed by atoms with Crippen LogP contribution in [0.2, 0.25) is 5.02 Å². The van der Waals surface area contributed by atoms with Crippen molar-refractivity contribution >= 4 is 27.5 Å². The molecule has 0 atom stereocenters. The standard InChI is InChI=1S/C14H17BrClN/c15-12-7-9(1-6-13(12)16)8-17-14(10-2-3-10)11-4-5-11/h1,6-7,10-11,14,17H,2-5,8H2. The Morgan fingerprint density at radius 2 is 1.88 bits per heavy atom. The maximum atomic E-state index is 6.00. The van der Waals surface area contributed by atoms with E-state index in [1.165, 1.54) is 31.2 Å². The molecule has 1 aromatic carbocycles. The average molecular weight is 315 g/mol. The van der Waals surface area contributed by atoms with Crippen LogP contribution in [0.25, 0.3) is 0 Å². The summed E-state index contributed by atoms with van der Waals surface area (Å²) >= 11 is 9.47. The summed E-state index contributed by atoms with van der Waals surface area (Å²) in [5, 5.41) is 4.53. The van der Waals surface area contributed by atoms with Gasteiger partial charge in [0.05, 0.1) is 5.02 Å². The van der Waals surface area contributed by atoms with Crippen LogP contribution in [-0.4, -0.2) is 6.04 Å². The topological polar surface area (TPSA) is 12.0 Å². The van der Waals surface area contributed by atoms with Crippen molar-refractivity contribution in [1.82, 2.24) is 5.32 Å². The molecule has 0 aliphatic heterocycles. The molecule has 0 aromatic heterocycles. The molecule has 2 saturated carbocycles. The van der Waals surface area contributed by atoms with Crippen molar-refractivity contribution in [1.29, 1.82) is 0 Å². The van der Waals surface area contributed by atoms with E-state index in [1.54, 1.807) is 0 Å². The predicted molar refractivity (Wildman–Crippen MR) is 75.2 cm³/mol. The second-order valence-corrected chi connectivity index (χ2v) is 6.59. The van der Waals surface area contributed by atoms with Crippen molar-refractivity contribution in [3.8, 4) is 0 Å². The van der Waals surface area contributed by atoms with Crippen LogP contribution in [0, 0.1) is 11.8 Å². The third kappa shape index (κ3) is 3.04. The normalized spacial score (nSPS) is 19.9. The summed E-state index contributed by atoms with van der Waals surface area (Å²) in [6.45, 7) is 0.966. The van der Waals surface area contributed by atoms with Crippen molar-refractivity contribution < 1.29 is 0 Å². The lowest BCUT2D eigenvalue weighted by Crippen LogP contribution is -2.32. The number of benzene rings is 1. The summed E-state index contributed by atoms with van der Waals surface area (Å²) in [6, 6.07) is 6.96. The first-order valence-corrected chi connectivity index (χ1v) is 7.58. The minimum atomic E-state index is 0.768. The van der Waals surface area contributed by atoms with E-state index in [2.05, 4.69) is 33.4 Å². The quantitative estimate of drug-likeness (QED) is 0.850. The third-order valence-corrected chi connectivity index (χ3v) is 5.00. The van der Waals surface area contributed by atoms with Gasteiger partial charge in [-0.05, 0) is 71.1 Å². The van der Waals surface area contributed by atoms with Crippen molar-refractivity contribution in [3.63, 3.8) is 0 Å². The molecule has 0 amide bonds. The van der Waals surface area contributed by atoms with Gasteiger partial charge in [0.1, 0.15) is 0 Å². The summed E-state index contributed by atoms with van der Waals surface area (Å²) in [6.07, 6.45) is 5.72. The van der Waals surface area contributed by atoms with Crippen molar-refractivity contribution in [2.45, 2.75) is 38.3 Å². The van der Waals surface area contributed by atoms with Gasteiger partial charge in [0.25, 0.3) is 0 Å². The Morgan fingerprint density at radius 1 is 1.24 bits per heavy atom. The number of nitrogens with one attached hydrogen (secondary N) is 1. The highest BCUT2D eigenvalue weighted by molar-refractivity contribution is 9.10. The van der Waals surface area contributed by atoms with Crippen molar-refractivity contribution in [3.05, 3.63) is 33.3 Å². The molecule has 17 heavy (non-hydrogen) atoms. The van der Waals surface area contributed by atoms with Gasteiger partial charge >= 0.3 is 0 Å². The first-order chi connectivity index (χ1) is 8.24. The van der Waals surface area contributed by atoms with Gasteiger partial charge in [0, 0.05) is 17.1 Å². The molecule has 1 aromatic rings. The zero-order valence-electron chi connectivity index (χ0n) is 9.76. The van der Waals surface area contributed by atoms with Gasteiger partial charge in [-0.15, -0.1) is 0 Å². The monoisotopic (exact) mass is 313 g/mol. The number of halogens is 2. The molecule has 1 nitrogen and oxygen atoms in total. The van der Waals surface area contributed by atoms with E-state index < -0.39 is 0 Å². The highest BCUT2D eigenvalue weighted by Gasteiger charge is 2.40. The molecule has 1 N–H and O–H groups in total. The first-order valence-electron chi connectivity index (χ1n) is 6.41. The third-order valence-electron chi connectivity index (χ3n) is 3.79. The predicted octanol–water partition coefficient (Wildman–Crippen LogP) is 4.38. The van der Waals surface area contributed by atoms with Gasteiger partial charge in [0.15, 0.2) is 0 Å². The molecule has 92 valence electrons. The first kappa shape index (κ1) is 12.0. The fourth-order valence-electron chi connectivity index (χ4n) is 2.51. The molecule has 2 aliphatic carbocycles. The lowest BCUT2D eigenvalue weighted by atomic mass is 10.1. The molecule has 0 heterocycles. The van der Waals surface area contributed by atoms with Crippen LogP contribution in [0.1, 0.15) is 31.2 Å². The van der Waals surface area contributed by atoms with Crippen LogP contribution < -0.4 is 5.32 Å². The second kappa shape index (κ2) is 4.91. The molecular weight excluding hydrogens is 298 g/mol. The second-order valence-electron chi connectivity index (χ2n) is 5.33. The molecular formula is C14H17BrClN. The van der Waals surface area contributed by atoms with Gasteiger partial charge in [-0.25, -0.2) is 0 Å². The van der Waals surface area contributed by atoms with Gasteiger partial charge in [-0.2, -0.15) is 0 Å². The van der Waals surface area contributed by atoms with Crippen LogP contribution in [-0.2, 0) is 6.54 Å². The summed E-state index contributed by atoms with van der Waals surface area (Å²) < 4.78 is 0.993. The Balaban J connectivity index is 1.60. The Labute approximate surface area is 116 Å². The summed E-state index contributed by atoms with van der Waals surface area (Å²) in [4.78, 5) is 0. The summed E-state index contributed by atoms with van der Waals surface area (Å²) in [5.74, 6) is 1.91. The summed E-state index contributed by atoms with van der Waals surface area (Å²) in [7, 11) is 0. The lowest BCUT2D eigenvalue weighted by molar-refractivity contribution is 0.416. The van der Waals surface area contributed by atoms with Gasteiger partial charge in [0.2, 0.25) is 0 Å². The molecule has 0 spiro atoms. The molecule has 0 unspecified atom stereocenters. The van der Waals surface area contributed by atoms with E-state index in [0.717, 1.165) is 33.9 Å². The van der Waals surface area contributed by atoms with Crippen LogP contribution in [0.3, 0.4) is 0 Å². The smallest absolute Gasteiger partial charge is 0.0548 e. The summed E-state index contributed by atoms with van der Waals surface area (Å²) in [5.41, 5.74) is 1.31. The fraction of sp³-hybridized carbons (Fsp3) is 0.571. The average Bonchev–Trinajstić information content (AvgIpc) is 3.14. The fourth-order valence-corrected chi connectivity index (χ4v) is 3.06. The minimum absolute atomic E-state index is 0.768. The SMILES string of the molecule is Clc1ccc(CNC(C2CC2)C2CC2)cc1Br. The van der Waals surface area contributed by atoms with Crippen molar-refractivity contribution in [2.24, 2.45) is 11.8 Å². The van der Waals surface area contributed by atoms with E-state index >= 15 is 0 Å². The highest BCUT2D eigenvalue weighted by Crippen LogP contribution is 2.44. The number of rotatable bonds is 5. The molecule has 2 aliphatic rings. The maximum absolute atomic E-state index is 6.00. The number of hydrogen-bond donors (Lipinski definition) is 1. The number of hydrogen-bond acceptors (Lipinski definition) is 1. The van der Waals surface area contributed by atoms with Gasteiger partial charge in [-0.3, -0.25) is 0 Å². The van der Waals surface area contributed by atoms with E-state index in [4.69, 9.17) is 11.6 Å². The zero-order chi connectivity index (χ0) is 11.8. The molecule has 3 heteroatoms. The largest absolute Gasteiger partial charge is 0.309 e. The van der Waals surface area contributed by atoms with Crippen LogP contribution in [0.4, 0.5) is 0 Å². The Kier molecular flexibility index (Phi) is 3.47. The van der Waals surface area contributed by atoms with Crippen molar-refractivity contribution in [2.75, 3.05) is 0 Å². The maximum Gasteiger partial charge on any atom is 0.0548 e. The molecule has 0 bridgehead atoms. The molecule has 2 fully saturated rings. The van der Waals surface area contributed by atoms with Crippen LogP contribution >= 0.6 is 27.5 Å². The lowest BCUT2D eigenvalue weighted by Gasteiger charge is -2.17. The highest BCUT2D eigenvalue weighted by atomic mass is 79.9. The minimum Gasteiger partial charge on any atom is -0.309 e. The van der Waals surface area contributed by atoms with E-state index in [-0.39, 0.29) is 0 Å². The van der Waals surface area contributed by atoms with Crippen LogP contribution in [0.15, 0.2) is 22.7 Å². The molecule has 0 saturated heterocycles. The molecule has 3 rings (SSSR count). The van der Waals surface area contributed by atoms with Gasteiger partial charge in [-0.1, -0.05) is 17.7 Å². The zero-order valence-corrected chi connectivity index (χ0v) is 12.1.